The minimum Gasteiger partial charge on any atom is -0.481 e. The molecule has 21 heterocycles. The van der Waals surface area contributed by atoms with Crippen LogP contribution < -0.4 is 0 Å². The number of aliphatic hydroxyl groups excluding tert-OH is 21. The van der Waals surface area contributed by atoms with Crippen molar-refractivity contribution in [3.05, 3.63) is 35.4 Å². The molecule has 22 rings (SSSR count). The quantitative estimate of drug-likeness (QED) is 0.0978. The lowest BCUT2D eigenvalue weighted by atomic mass is 9.95. The third kappa shape index (κ3) is 16.0. The number of hydrogen-bond acceptors (Lipinski definition) is 36. The monoisotopic (exact) mass is 1340 g/mol. The summed E-state index contributed by atoms with van der Waals surface area (Å²) >= 11 is 0. The molecule has 37 heteroatoms. The van der Waals surface area contributed by atoms with E-state index in [0.29, 0.717) is 5.92 Å². The van der Waals surface area contributed by atoms with Crippen molar-refractivity contribution < 1.29 is 183 Å². The molecule has 36 atom stereocenters. The number of rotatable bonds is 11. The van der Waals surface area contributed by atoms with Crippen LogP contribution >= 0.6 is 0 Å². The van der Waals surface area contributed by atoms with Gasteiger partial charge in [-0.15, -0.1) is 0 Å². The van der Waals surface area contributed by atoms with Crippen LogP contribution in [0.4, 0.5) is 0 Å². The van der Waals surface area contributed by atoms with Gasteiger partial charge in [0.05, 0.1) is 52.2 Å². The Labute approximate surface area is 523 Å². The van der Waals surface area contributed by atoms with E-state index in [2.05, 4.69) is 13.8 Å². The third-order valence-corrected chi connectivity index (χ3v) is 17.3. The second-order valence-electron chi connectivity index (χ2n) is 24.1. The molecule has 21 fully saturated rings. The normalized spacial score (nSPS) is 48.4. The number of carboxylic acids is 1. The Balaban J connectivity index is 0.000000637. The number of carbonyl (C=O) groups is 1. The molecule has 530 valence electrons. The molecule has 21 aliphatic heterocycles. The Bertz CT molecular complexity index is 2040. The number of hydrogen-bond donors (Lipinski definition) is 22. The molecule has 0 amide bonds. The fourth-order valence-electron chi connectivity index (χ4n) is 12.0. The van der Waals surface area contributed by atoms with Crippen molar-refractivity contribution >= 4 is 5.97 Å². The van der Waals surface area contributed by atoms with Crippen molar-refractivity contribution in [3.63, 3.8) is 0 Å². The molecule has 1 unspecified atom stereocenters. The molecule has 22 N–H and O–H groups in total. The molecule has 14 bridgehead atoms. The first-order valence-electron chi connectivity index (χ1n) is 29.9. The standard InChI is InChI=1S/C42H70O35.C13H18O2/c43-1-8-29-15(50)22(57)36(64-8)72-30-9(2-44)66-38(24(59)17(30)52)74-32-11(4-46)68-40(26(61)19(32)54)76-34-13(6-48)70-42(28(63)21(34)56)77-35-14(7-49)69-41(27(62)20(35)55)75-33-12(5-47)67-39(25(60)18(33)53)73-31-10(3-45)65-37(71-29)23(58)16(31)51;1-9(2)8-11-4-6-12(7-5-11)10(3)13(14)15/h8-63H,1-7H2;4-7,9-10H,8H2,1-3H3,(H,14,15)/t8-,9-,10-,11-,12-,13-,14-,15-,16-,17-,18-,19-,20-,21-,22-,23-,24-,25-,26-,27-,28-,29-,30-,31-,32-,33-,34-,35-,36-,37-,38-,39-,40-,41-,42-;/m1./s1. The van der Waals surface area contributed by atoms with Crippen LogP contribution in [0.5, 0.6) is 0 Å². The summed E-state index contributed by atoms with van der Waals surface area (Å²) in [6, 6.07) is 7.87. The van der Waals surface area contributed by atoms with Gasteiger partial charge in [0.15, 0.2) is 44.0 Å². The maximum absolute atomic E-state index is 11.3. The molecule has 0 aromatic heterocycles. The zero-order chi connectivity index (χ0) is 67.5. The van der Waals surface area contributed by atoms with Crippen LogP contribution in [0.15, 0.2) is 24.3 Å². The Morgan fingerprint density at radius 2 is 0.478 bits per heavy atom. The lowest BCUT2D eigenvalue weighted by Gasteiger charge is -2.50. The topological polar surface area (TPSA) is 591 Å². The van der Waals surface area contributed by atoms with E-state index in [1.165, 1.54) is 5.56 Å². The van der Waals surface area contributed by atoms with Gasteiger partial charge in [-0.05, 0) is 30.4 Å². The first kappa shape index (κ1) is 75.1. The maximum atomic E-state index is 11.3. The Morgan fingerprint density at radius 1 is 0.304 bits per heavy atom. The summed E-state index contributed by atoms with van der Waals surface area (Å²) in [7, 11) is 0. The molecule has 21 aliphatic rings. The maximum Gasteiger partial charge on any atom is 0.310 e. The molecule has 92 heavy (non-hydrogen) atoms. The van der Waals surface area contributed by atoms with E-state index >= 15 is 0 Å². The van der Waals surface area contributed by atoms with Crippen LogP contribution in [0, 0.1) is 5.92 Å². The van der Waals surface area contributed by atoms with Crippen LogP contribution in [0.3, 0.4) is 0 Å². The van der Waals surface area contributed by atoms with Gasteiger partial charge in [-0.2, -0.15) is 0 Å². The highest BCUT2D eigenvalue weighted by Gasteiger charge is 2.59. The zero-order valence-electron chi connectivity index (χ0n) is 49.8. The van der Waals surface area contributed by atoms with Crippen LogP contribution in [0.1, 0.15) is 37.8 Å². The molecule has 1 aromatic carbocycles. The highest BCUT2D eigenvalue weighted by Crippen LogP contribution is 2.39. The molecule has 0 spiro atoms. The zero-order valence-corrected chi connectivity index (χ0v) is 49.8. The summed E-state index contributed by atoms with van der Waals surface area (Å²) < 4.78 is 79.5. The molecule has 21 saturated heterocycles. The third-order valence-electron chi connectivity index (χ3n) is 17.3. The molecular formula is C55H88O37. The van der Waals surface area contributed by atoms with E-state index in [9.17, 15) is 112 Å². The Morgan fingerprint density at radius 3 is 0.620 bits per heavy atom. The van der Waals surface area contributed by atoms with Gasteiger partial charge in [0.25, 0.3) is 0 Å². The fourth-order valence-corrected chi connectivity index (χ4v) is 12.0. The first-order chi connectivity index (χ1) is 43.7. The molecule has 1 aromatic rings. The van der Waals surface area contributed by atoms with Gasteiger partial charge in [0, 0.05) is 0 Å². The number of ether oxygens (including phenoxy) is 14. The van der Waals surface area contributed by atoms with Gasteiger partial charge < -0.3 is 179 Å². The van der Waals surface area contributed by atoms with Crippen LogP contribution in [-0.4, -0.2) is 380 Å². The van der Waals surface area contributed by atoms with Gasteiger partial charge in [0.2, 0.25) is 0 Å². The minimum atomic E-state index is -2.21. The molecule has 0 saturated carbocycles. The second kappa shape index (κ2) is 32.8. The number of benzene rings is 1. The van der Waals surface area contributed by atoms with Crippen molar-refractivity contribution in [1.29, 1.82) is 0 Å². The van der Waals surface area contributed by atoms with E-state index in [-0.39, 0.29) is 0 Å². The predicted molar refractivity (Wildman–Crippen MR) is 289 cm³/mol. The summed E-state index contributed by atoms with van der Waals surface area (Å²) in [6.45, 7) is -1.27. The van der Waals surface area contributed by atoms with Crippen molar-refractivity contribution in [2.24, 2.45) is 5.92 Å². The van der Waals surface area contributed by atoms with Crippen molar-refractivity contribution in [3.8, 4) is 0 Å². The molecule has 37 nitrogen and oxygen atoms in total. The van der Waals surface area contributed by atoms with Crippen LogP contribution in [-0.2, 0) is 77.5 Å². The lowest BCUT2D eigenvalue weighted by molar-refractivity contribution is -0.396. The van der Waals surface area contributed by atoms with Crippen molar-refractivity contribution in [2.75, 3.05) is 46.2 Å². The summed E-state index contributed by atoms with van der Waals surface area (Å²) in [6.07, 6.45) is -69.2. The van der Waals surface area contributed by atoms with Crippen LogP contribution in [0.2, 0.25) is 0 Å². The summed E-state index contributed by atoms with van der Waals surface area (Å²) in [5.74, 6) is -0.558. The highest BCUT2D eigenvalue weighted by molar-refractivity contribution is 5.75. The number of carboxylic acid groups (broad SMARTS) is 1. The molecular weight excluding hydrogens is 1250 g/mol. The second-order valence-corrected chi connectivity index (χ2v) is 24.1. The molecule has 0 radical (unpaired) electrons. The fraction of sp³-hybridized carbons (Fsp3) is 0.873. The van der Waals surface area contributed by atoms with Gasteiger partial charge in [-0.1, -0.05) is 38.1 Å². The first-order valence-corrected chi connectivity index (χ1v) is 29.9. The van der Waals surface area contributed by atoms with Gasteiger partial charge in [-0.25, -0.2) is 0 Å². The van der Waals surface area contributed by atoms with E-state index < -0.39 is 273 Å². The Hall–Kier alpha value is -2.71. The predicted octanol–water partition coefficient (Wildman–Crippen LogP) is -12.2. The SMILES string of the molecule is CC(C)Cc1ccc(C(C)C(=O)O)cc1.OC[C@H]1O[C@@H]2O[C@H]3[C@H](O)[C@@H](O)[C@@H](O[C@H]4[C@H](O)[C@@H](O)[C@@H](O[C@H]5[C@H](O)[C@@H](O)[C@@H](O[C@H]6[C@H](O)[C@@H](O)[C@@H](O[C@H]7[C@H](O)[C@@H](O)[C@@H](O[C@H]8[C@H](O)[C@@H](O)[C@@H](O[C@H]1[C@H](O)[C@H]2O)O[C@@H]8CO)O[C@@H]7CO)O[C@@H]6CO)O[C@@H]5CO)O[C@@H]4CO)O[C@@H]3CO. The average Bonchev–Trinajstić information content (AvgIpc) is 0.794. The number of aliphatic hydroxyl groups is 21. The van der Waals surface area contributed by atoms with E-state index in [1.54, 1.807) is 6.92 Å². The van der Waals surface area contributed by atoms with E-state index in [1.807, 2.05) is 24.3 Å². The summed E-state index contributed by atoms with van der Waals surface area (Å²) in [5.41, 5.74) is 2.14. The largest absolute Gasteiger partial charge is 0.481 e. The smallest absolute Gasteiger partial charge is 0.310 e. The van der Waals surface area contributed by atoms with Crippen LogP contribution in [0.25, 0.3) is 0 Å². The van der Waals surface area contributed by atoms with Gasteiger partial charge in [0.1, 0.15) is 171 Å². The van der Waals surface area contributed by atoms with Crippen molar-refractivity contribution in [1.82, 2.24) is 0 Å². The minimum absolute atomic E-state index is 0.418. The van der Waals surface area contributed by atoms with Gasteiger partial charge >= 0.3 is 5.97 Å². The van der Waals surface area contributed by atoms with E-state index in [4.69, 9.17) is 71.4 Å². The average molecular weight is 1340 g/mol. The Kier molecular flexibility index (Phi) is 26.7. The highest BCUT2D eigenvalue weighted by atomic mass is 16.8. The lowest BCUT2D eigenvalue weighted by Crippen LogP contribution is -2.68. The number of aliphatic carboxylic acids is 1. The summed E-state index contributed by atoms with van der Waals surface area (Å²) in [5, 5.41) is 239. The summed E-state index contributed by atoms with van der Waals surface area (Å²) in [4.78, 5) is 10.8. The van der Waals surface area contributed by atoms with E-state index in [0.717, 1.165) is 12.0 Å². The molecule has 0 aliphatic carbocycles. The van der Waals surface area contributed by atoms with Gasteiger partial charge in [-0.3, -0.25) is 4.79 Å². The van der Waals surface area contributed by atoms with Crippen molar-refractivity contribution in [2.45, 2.75) is 248 Å².